The number of hydrogen-bond donors (Lipinski definition) is 3. The van der Waals surface area contributed by atoms with Crippen LogP contribution >= 0.6 is 0 Å². The van der Waals surface area contributed by atoms with Crippen LogP contribution in [-0.4, -0.2) is 67.9 Å². The fourth-order valence-corrected chi connectivity index (χ4v) is 16.6. The van der Waals surface area contributed by atoms with E-state index in [2.05, 4.69) is 60.4 Å². The Labute approximate surface area is 202 Å². The van der Waals surface area contributed by atoms with Crippen molar-refractivity contribution in [3.63, 3.8) is 0 Å². The van der Waals surface area contributed by atoms with Gasteiger partial charge in [-0.25, -0.2) is 4.79 Å². The van der Waals surface area contributed by atoms with Gasteiger partial charge in [0, 0.05) is 12.3 Å². The molecule has 3 N–H and O–H groups in total. The van der Waals surface area contributed by atoms with Crippen LogP contribution in [0.2, 0.25) is 22.2 Å². The van der Waals surface area contributed by atoms with Crippen molar-refractivity contribution in [3.05, 3.63) is 33.1 Å². The van der Waals surface area contributed by atoms with Crippen LogP contribution in [-0.2, 0) is 17.7 Å². The normalized spacial score (nSPS) is 31.2. The molecule has 0 unspecified atom stereocenters. The van der Waals surface area contributed by atoms with E-state index in [-0.39, 0.29) is 28.8 Å². The molecule has 0 saturated carbocycles. The predicted octanol–water partition coefficient (Wildman–Crippen LogP) is 2.11. The molecular weight excluding hydrogens is 476 g/mol. The summed E-state index contributed by atoms with van der Waals surface area (Å²) in [7, 11) is -5.90. The van der Waals surface area contributed by atoms with Crippen LogP contribution in [0.5, 0.6) is 0 Å². The van der Waals surface area contributed by atoms with Crippen molar-refractivity contribution < 1.29 is 27.9 Å². The summed E-state index contributed by atoms with van der Waals surface area (Å²) in [5, 5.41) is 22.1. The van der Waals surface area contributed by atoms with Gasteiger partial charge in [-0.3, -0.25) is 14.3 Å². The molecule has 1 aromatic rings. The third-order valence-electron chi connectivity index (χ3n) is 7.24. The summed E-state index contributed by atoms with van der Waals surface area (Å²) in [5.41, 5.74) is -2.99. The van der Waals surface area contributed by atoms with E-state index in [9.17, 15) is 19.8 Å². The van der Waals surface area contributed by atoms with Crippen molar-refractivity contribution in [1.29, 1.82) is 0 Å². The van der Waals surface area contributed by atoms with Gasteiger partial charge in [-0.2, -0.15) is 0 Å². The smallest absolute Gasteiger partial charge is 0.335 e. The molecule has 10 nitrogen and oxygen atoms in total. The second kappa shape index (κ2) is 9.73. The Balaban J connectivity index is 2.18. The molecule has 1 aromatic heterocycles. The van der Waals surface area contributed by atoms with Crippen LogP contribution in [0.25, 0.3) is 0 Å². The number of aliphatic hydroxyl groups excluding tert-OH is 1. The zero-order valence-electron chi connectivity index (χ0n) is 21.4. The van der Waals surface area contributed by atoms with Crippen LogP contribution in [0.3, 0.4) is 0 Å². The number of H-pyrrole nitrogens is 1. The number of aromatic nitrogens is 2. The van der Waals surface area contributed by atoms with Crippen molar-refractivity contribution in [2.24, 2.45) is 0 Å². The van der Waals surface area contributed by atoms with Gasteiger partial charge in [-0.15, -0.1) is 0 Å². The van der Waals surface area contributed by atoms with E-state index < -0.39 is 59.0 Å². The molecule has 3 heterocycles. The standard InChI is InChI=1S/C22H40N2O8Si2/c1-13(2)33(14(3)4)29-11-17-19(31-34(32-33,15(5)6)16(7)8)22(28,12-25)20(30-17)24-10-9-18(26)23-21(24)27/h9-10,13-17,19-20,25,28H,11-12H2,1-8H3,(H,23,26,27)/t17-,19+,20-,22+/m0/s1. The van der Waals surface area contributed by atoms with Crippen molar-refractivity contribution >= 4 is 17.1 Å². The molecule has 2 aliphatic rings. The summed E-state index contributed by atoms with van der Waals surface area (Å²) in [4.78, 5) is 26.3. The topological polar surface area (TPSA) is 132 Å². The summed E-state index contributed by atoms with van der Waals surface area (Å²) >= 11 is 0. The molecule has 0 bridgehead atoms. The maximum absolute atomic E-state index is 12.6. The van der Waals surface area contributed by atoms with Crippen LogP contribution < -0.4 is 11.2 Å². The van der Waals surface area contributed by atoms with E-state index in [0.29, 0.717) is 0 Å². The Morgan fingerprint density at radius 3 is 2.09 bits per heavy atom. The highest BCUT2D eigenvalue weighted by Crippen LogP contribution is 2.50. The predicted molar refractivity (Wildman–Crippen MR) is 131 cm³/mol. The highest BCUT2D eigenvalue weighted by molar-refractivity contribution is 6.84. The first-order chi connectivity index (χ1) is 15.7. The van der Waals surface area contributed by atoms with E-state index in [4.69, 9.17) is 17.7 Å². The van der Waals surface area contributed by atoms with Gasteiger partial charge in [0.25, 0.3) is 5.56 Å². The number of hydrogen-bond acceptors (Lipinski definition) is 8. The Kier molecular flexibility index (Phi) is 7.86. The minimum Gasteiger partial charge on any atom is -0.414 e. The zero-order valence-corrected chi connectivity index (χ0v) is 23.4. The minimum absolute atomic E-state index is 0.0111. The molecule has 194 valence electrons. The van der Waals surface area contributed by atoms with Gasteiger partial charge in [0.15, 0.2) is 11.8 Å². The van der Waals surface area contributed by atoms with Crippen molar-refractivity contribution in [2.45, 2.75) is 102 Å². The lowest BCUT2D eigenvalue weighted by molar-refractivity contribution is -0.134. The van der Waals surface area contributed by atoms with Crippen LogP contribution in [0.1, 0.15) is 61.6 Å². The van der Waals surface area contributed by atoms with E-state index >= 15 is 0 Å². The monoisotopic (exact) mass is 516 g/mol. The first kappa shape index (κ1) is 27.5. The van der Waals surface area contributed by atoms with Gasteiger partial charge >= 0.3 is 22.8 Å². The van der Waals surface area contributed by atoms with Gasteiger partial charge in [0.05, 0.1) is 13.2 Å². The molecule has 2 saturated heterocycles. The second-order valence-electron chi connectivity index (χ2n) is 10.7. The lowest BCUT2D eigenvalue weighted by Gasteiger charge is -2.52. The lowest BCUT2D eigenvalue weighted by Crippen LogP contribution is -2.67. The van der Waals surface area contributed by atoms with E-state index in [1.165, 1.54) is 12.3 Å². The van der Waals surface area contributed by atoms with E-state index in [1.807, 2.05) is 0 Å². The number of nitrogens with zero attached hydrogens (tertiary/aromatic N) is 1. The fraction of sp³-hybridized carbons (Fsp3) is 0.818. The Morgan fingerprint density at radius 1 is 1.06 bits per heavy atom. The van der Waals surface area contributed by atoms with Crippen molar-refractivity contribution in [1.82, 2.24) is 9.55 Å². The number of ether oxygens (including phenoxy) is 1. The number of aromatic amines is 1. The summed E-state index contributed by atoms with van der Waals surface area (Å²) < 4.78 is 27.9. The Bertz CT molecular complexity index is 962. The Morgan fingerprint density at radius 2 is 1.62 bits per heavy atom. The molecule has 12 heteroatoms. The summed E-state index contributed by atoms with van der Waals surface area (Å²) in [6.45, 7) is 16.0. The molecular formula is C22H40N2O8Si2. The SMILES string of the molecule is CC(C)[Si]1(C(C)C)OC[C@@H]2O[C@H](n3ccc(=O)[nH]c3=O)[C@@](O)(CO)[C@@H]2O[Si](C(C)C)(C(C)C)O1. The maximum atomic E-state index is 12.6. The fourth-order valence-electron chi connectivity index (χ4n) is 5.33. The molecule has 0 aliphatic carbocycles. The minimum atomic E-state index is -3.08. The molecule has 3 rings (SSSR count). The molecule has 0 radical (unpaired) electrons. The maximum Gasteiger partial charge on any atom is 0.335 e. The second-order valence-corrected chi connectivity index (χ2v) is 19.6. The Hall–Kier alpha value is -1.13. The largest absolute Gasteiger partial charge is 0.414 e. The lowest BCUT2D eigenvalue weighted by atomic mass is 9.95. The van der Waals surface area contributed by atoms with Crippen molar-refractivity contribution in [2.75, 3.05) is 13.2 Å². The summed E-state index contributed by atoms with van der Waals surface area (Å²) in [5.74, 6) is 0. The number of nitrogens with one attached hydrogen (secondary N) is 1. The number of fused-ring (bicyclic) bond motifs is 1. The molecule has 2 aliphatic heterocycles. The zero-order chi connectivity index (χ0) is 25.6. The molecule has 2 fully saturated rings. The quantitative estimate of drug-likeness (QED) is 0.490. The highest BCUT2D eigenvalue weighted by atomic mass is 28.5. The third kappa shape index (κ3) is 4.32. The number of rotatable bonds is 6. The van der Waals surface area contributed by atoms with Crippen LogP contribution in [0.15, 0.2) is 21.9 Å². The average Bonchev–Trinajstić information content (AvgIpc) is 2.98. The van der Waals surface area contributed by atoms with E-state index in [0.717, 1.165) is 4.57 Å². The first-order valence-electron chi connectivity index (χ1n) is 12.1. The van der Waals surface area contributed by atoms with E-state index in [1.54, 1.807) is 0 Å². The highest BCUT2D eigenvalue weighted by Gasteiger charge is 2.65. The van der Waals surface area contributed by atoms with Crippen LogP contribution in [0, 0.1) is 0 Å². The van der Waals surface area contributed by atoms with Gasteiger partial charge in [-0.1, -0.05) is 55.4 Å². The molecule has 0 spiro atoms. The summed E-state index contributed by atoms with van der Waals surface area (Å²) in [6, 6.07) is 1.17. The van der Waals surface area contributed by atoms with Gasteiger partial charge in [0.2, 0.25) is 0 Å². The molecule has 0 aromatic carbocycles. The third-order valence-corrected chi connectivity index (χ3v) is 17.5. The molecule has 4 atom stereocenters. The van der Waals surface area contributed by atoms with Gasteiger partial charge < -0.3 is 27.9 Å². The summed E-state index contributed by atoms with van der Waals surface area (Å²) in [6.07, 6.45) is -1.78. The molecule has 0 amide bonds. The van der Waals surface area contributed by atoms with Gasteiger partial charge in [0.1, 0.15) is 12.2 Å². The molecule has 34 heavy (non-hydrogen) atoms. The average molecular weight is 517 g/mol. The number of aliphatic hydroxyl groups is 2. The van der Waals surface area contributed by atoms with Crippen LogP contribution in [0.4, 0.5) is 0 Å². The first-order valence-corrected chi connectivity index (χ1v) is 16.0. The van der Waals surface area contributed by atoms with Gasteiger partial charge in [-0.05, 0) is 22.2 Å². The van der Waals surface area contributed by atoms with Crippen molar-refractivity contribution in [3.8, 4) is 0 Å².